The van der Waals surface area contributed by atoms with Crippen LogP contribution in [0.4, 0.5) is 19.3 Å². The van der Waals surface area contributed by atoms with Crippen LogP contribution in [0.1, 0.15) is 13.3 Å². The van der Waals surface area contributed by atoms with E-state index in [0.717, 1.165) is 12.1 Å². The fraction of sp³-hybridized carbons (Fsp3) is 0.417. The van der Waals surface area contributed by atoms with E-state index in [1.165, 1.54) is 13.0 Å². The Hall–Kier alpha value is -1.70. The molecule has 0 aliphatic heterocycles. The van der Waals surface area contributed by atoms with Gasteiger partial charge in [0.2, 0.25) is 0 Å². The minimum absolute atomic E-state index is 0.00833. The molecule has 2 N–H and O–H groups in total. The Kier molecular flexibility index (Phi) is 5.87. The maximum absolute atomic E-state index is 13.2. The molecule has 0 radical (unpaired) electrons. The number of benzene rings is 1. The van der Waals surface area contributed by atoms with E-state index in [9.17, 15) is 22.0 Å². The summed E-state index contributed by atoms with van der Waals surface area (Å²) in [6.07, 6.45) is 0.164. The molecular formula is C12H16F2N2O3S. The number of urea groups is 1. The number of halogens is 2. The van der Waals surface area contributed by atoms with Crippen molar-refractivity contribution >= 4 is 21.6 Å². The number of rotatable bonds is 6. The molecule has 1 aromatic carbocycles. The summed E-state index contributed by atoms with van der Waals surface area (Å²) in [7, 11) is -3.66. The molecule has 1 aromatic rings. The normalized spacial score (nSPS) is 11.2. The van der Waals surface area contributed by atoms with Crippen LogP contribution in [0.5, 0.6) is 0 Å². The maximum atomic E-state index is 13.2. The van der Waals surface area contributed by atoms with Gasteiger partial charge in [-0.15, -0.1) is 0 Å². The summed E-state index contributed by atoms with van der Waals surface area (Å²) >= 11 is 0. The van der Waals surface area contributed by atoms with Gasteiger partial charge in [-0.2, -0.15) is 0 Å². The number of carbonyl (C=O) groups excluding carboxylic acids is 1. The lowest BCUT2D eigenvalue weighted by atomic mass is 10.3. The van der Waals surface area contributed by atoms with Crippen molar-refractivity contribution in [3.8, 4) is 0 Å². The molecule has 0 aliphatic carbocycles. The molecule has 0 bridgehead atoms. The second kappa shape index (κ2) is 7.18. The lowest BCUT2D eigenvalue weighted by Gasteiger charge is -2.11. The van der Waals surface area contributed by atoms with Crippen LogP contribution in [-0.4, -0.2) is 33.4 Å². The second-order valence-corrected chi connectivity index (χ2v) is 6.21. The number of carbonyl (C=O) groups is 1. The standard InChI is InChI=1S/C12H16F2N2O3S/c1-2-20(18,19)11-8-9(14)4-5-10(11)16-12(17)15-7-3-6-13/h4-5,8H,2-3,6-7H2,1H3,(H2,15,16,17). The minimum atomic E-state index is -3.66. The average molecular weight is 306 g/mol. The summed E-state index contributed by atoms with van der Waals surface area (Å²) in [6, 6.07) is 2.41. The van der Waals surface area contributed by atoms with Gasteiger partial charge in [-0.25, -0.2) is 17.6 Å². The van der Waals surface area contributed by atoms with Gasteiger partial charge in [-0.3, -0.25) is 4.39 Å². The number of amides is 2. The van der Waals surface area contributed by atoms with Crippen LogP contribution in [0.15, 0.2) is 23.1 Å². The summed E-state index contributed by atoms with van der Waals surface area (Å²) < 4.78 is 48.7. The largest absolute Gasteiger partial charge is 0.338 e. The van der Waals surface area contributed by atoms with Crippen LogP contribution in [0.25, 0.3) is 0 Å². The molecule has 0 unspecified atom stereocenters. The first-order valence-corrected chi connectivity index (χ1v) is 7.69. The Labute approximate surface area is 116 Å². The topological polar surface area (TPSA) is 75.3 Å². The van der Waals surface area contributed by atoms with Gasteiger partial charge in [-0.05, 0) is 24.6 Å². The van der Waals surface area contributed by atoms with Crippen molar-refractivity contribution in [2.45, 2.75) is 18.2 Å². The molecule has 0 heterocycles. The highest BCUT2D eigenvalue weighted by Gasteiger charge is 2.18. The zero-order chi connectivity index (χ0) is 15.2. The average Bonchev–Trinajstić information content (AvgIpc) is 2.41. The third-order valence-electron chi connectivity index (χ3n) is 2.50. The Morgan fingerprint density at radius 2 is 2.05 bits per heavy atom. The smallest absolute Gasteiger partial charge is 0.319 e. The van der Waals surface area contributed by atoms with Gasteiger partial charge in [0.1, 0.15) is 5.82 Å². The summed E-state index contributed by atoms with van der Waals surface area (Å²) in [5.74, 6) is -0.922. The molecule has 0 fully saturated rings. The highest BCUT2D eigenvalue weighted by atomic mass is 32.2. The SMILES string of the molecule is CCS(=O)(=O)c1cc(F)ccc1NC(=O)NCCCF. The number of nitrogens with one attached hydrogen (secondary N) is 2. The number of hydrogen-bond donors (Lipinski definition) is 2. The quantitative estimate of drug-likeness (QED) is 0.790. The van der Waals surface area contributed by atoms with E-state index in [-0.39, 0.29) is 29.3 Å². The fourth-order valence-electron chi connectivity index (χ4n) is 1.45. The first kappa shape index (κ1) is 16.4. The molecule has 0 aromatic heterocycles. The Morgan fingerprint density at radius 1 is 1.35 bits per heavy atom. The van der Waals surface area contributed by atoms with Gasteiger partial charge in [-0.1, -0.05) is 6.92 Å². The van der Waals surface area contributed by atoms with Crippen LogP contribution in [-0.2, 0) is 9.84 Å². The first-order chi connectivity index (χ1) is 9.40. The third kappa shape index (κ3) is 4.44. The molecule has 5 nitrogen and oxygen atoms in total. The second-order valence-electron chi connectivity index (χ2n) is 3.97. The predicted molar refractivity (Wildman–Crippen MR) is 71.7 cm³/mol. The zero-order valence-corrected chi connectivity index (χ0v) is 11.8. The maximum Gasteiger partial charge on any atom is 0.319 e. The molecule has 0 saturated heterocycles. The van der Waals surface area contributed by atoms with Gasteiger partial charge in [0.05, 0.1) is 23.0 Å². The van der Waals surface area contributed by atoms with Gasteiger partial charge >= 0.3 is 6.03 Å². The number of sulfone groups is 1. The van der Waals surface area contributed by atoms with Crippen molar-refractivity contribution in [3.05, 3.63) is 24.0 Å². The molecule has 8 heteroatoms. The summed E-state index contributed by atoms with van der Waals surface area (Å²) in [4.78, 5) is 11.2. The number of hydrogen-bond acceptors (Lipinski definition) is 3. The molecule has 20 heavy (non-hydrogen) atoms. The lowest BCUT2D eigenvalue weighted by molar-refractivity contribution is 0.251. The van der Waals surface area contributed by atoms with Crippen LogP contribution in [0, 0.1) is 5.82 Å². The molecule has 0 spiro atoms. The summed E-state index contributed by atoms with van der Waals surface area (Å²) in [5, 5.41) is 4.68. The van der Waals surface area contributed by atoms with Crippen molar-refractivity contribution in [3.63, 3.8) is 0 Å². The molecule has 0 saturated carbocycles. The highest BCUT2D eigenvalue weighted by molar-refractivity contribution is 7.91. The predicted octanol–water partition coefficient (Wildman–Crippen LogP) is 2.10. The van der Waals surface area contributed by atoms with Crippen molar-refractivity contribution in [2.75, 3.05) is 24.3 Å². The van der Waals surface area contributed by atoms with Crippen molar-refractivity contribution in [1.82, 2.24) is 5.32 Å². The van der Waals surface area contributed by atoms with E-state index in [0.29, 0.717) is 0 Å². The third-order valence-corrected chi connectivity index (χ3v) is 4.27. The minimum Gasteiger partial charge on any atom is -0.338 e. The summed E-state index contributed by atoms with van der Waals surface area (Å²) in [5.41, 5.74) is -0.00833. The van der Waals surface area contributed by atoms with E-state index in [4.69, 9.17) is 0 Å². The van der Waals surface area contributed by atoms with Gasteiger partial charge in [0.15, 0.2) is 9.84 Å². The Bertz CT molecular complexity index is 576. The highest BCUT2D eigenvalue weighted by Crippen LogP contribution is 2.23. The van der Waals surface area contributed by atoms with Crippen molar-refractivity contribution in [1.29, 1.82) is 0 Å². The number of alkyl halides is 1. The zero-order valence-electron chi connectivity index (χ0n) is 10.9. The Morgan fingerprint density at radius 3 is 2.65 bits per heavy atom. The lowest BCUT2D eigenvalue weighted by Crippen LogP contribution is -2.30. The van der Waals surface area contributed by atoms with E-state index in [1.54, 1.807) is 0 Å². The molecule has 0 aliphatic rings. The fourth-order valence-corrected chi connectivity index (χ4v) is 2.50. The van der Waals surface area contributed by atoms with Crippen LogP contribution in [0.3, 0.4) is 0 Å². The van der Waals surface area contributed by atoms with Gasteiger partial charge < -0.3 is 10.6 Å². The monoisotopic (exact) mass is 306 g/mol. The molecule has 2 amide bonds. The first-order valence-electron chi connectivity index (χ1n) is 6.04. The van der Waals surface area contributed by atoms with Crippen molar-refractivity contribution in [2.24, 2.45) is 0 Å². The van der Waals surface area contributed by atoms with E-state index < -0.39 is 28.4 Å². The Balaban J connectivity index is 2.93. The van der Waals surface area contributed by atoms with Crippen molar-refractivity contribution < 1.29 is 22.0 Å². The molecule has 112 valence electrons. The molecule has 0 atom stereocenters. The van der Waals surface area contributed by atoms with Gasteiger partial charge in [0, 0.05) is 6.54 Å². The van der Waals surface area contributed by atoms with E-state index in [2.05, 4.69) is 10.6 Å². The van der Waals surface area contributed by atoms with Crippen LogP contribution in [0.2, 0.25) is 0 Å². The summed E-state index contributed by atoms with van der Waals surface area (Å²) in [6.45, 7) is 0.983. The van der Waals surface area contributed by atoms with Crippen LogP contribution < -0.4 is 10.6 Å². The number of anilines is 1. The van der Waals surface area contributed by atoms with Crippen LogP contribution >= 0.6 is 0 Å². The van der Waals surface area contributed by atoms with E-state index in [1.807, 2.05) is 0 Å². The van der Waals surface area contributed by atoms with E-state index >= 15 is 0 Å². The van der Waals surface area contributed by atoms with Gasteiger partial charge in [0.25, 0.3) is 0 Å². The molecule has 1 rings (SSSR count). The molecular weight excluding hydrogens is 290 g/mol.